The van der Waals surface area contributed by atoms with Crippen LogP contribution in [0.2, 0.25) is 0 Å². The Morgan fingerprint density at radius 3 is 2.96 bits per heavy atom. The number of hydrogen-bond acceptors (Lipinski definition) is 5. The van der Waals surface area contributed by atoms with Crippen LogP contribution in [-0.4, -0.2) is 38.0 Å². The van der Waals surface area contributed by atoms with Crippen LogP contribution in [0, 0.1) is 5.82 Å². The fraction of sp³-hybridized carbons (Fsp3) is 0.267. The number of hydrogen-bond donors (Lipinski definition) is 0. The molecule has 0 atom stereocenters. The number of ether oxygens (including phenoxy) is 2. The van der Waals surface area contributed by atoms with Gasteiger partial charge in [0, 0.05) is 24.8 Å². The van der Waals surface area contributed by atoms with E-state index in [-0.39, 0.29) is 30.5 Å². The van der Waals surface area contributed by atoms with E-state index in [1.807, 2.05) is 0 Å². The molecule has 122 valence electrons. The molecule has 0 fully saturated rings. The van der Waals surface area contributed by atoms with Crippen LogP contribution in [0.3, 0.4) is 0 Å². The van der Waals surface area contributed by atoms with E-state index in [0.717, 1.165) is 0 Å². The molecule has 0 amide bonds. The standard InChI is InChI=1S/C15H15FN2O4S/c1-21-15-14(3-2-6-17-15)23(19,20)18-7-8-22-13-5-4-12(16)9-11(13)10-18/h2-6,9H,7-8,10H2,1H3. The maximum absolute atomic E-state index is 13.4. The van der Waals surface area contributed by atoms with Crippen molar-refractivity contribution in [3.63, 3.8) is 0 Å². The zero-order valence-electron chi connectivity index (χ0n) is 12.4. The van der Waals surface area contributed by atoms with Crippen LogP contribution in [0.15, 0.2) is 41.4 Å². The zero-order chi connectivity index (χ0) is 16.4. The van der Waals surface area contributed by atoms with Crippen molar-refractivity contribution in [3.05, 3.63) is 47.9 Å². The number of methoxy groups -OCH3 is 1. The van der Waals surface area contributed by atoms with Crippen molar-refractivity contribution in [1.82, 2.24) is 9.29 Å². The van der Waals surface area contributed by atoms with E-state index in [4.69, 9.17) is 9.47 Å². The minimum absolute atomic E-state index is 0.0213. The first kappa shape index (κ1) is 15.7. The van der Waals surface area contributed by atoms with Crippen molar-refractivity contribution in [2.75, 3.05) is 20.3 Å². The molecule has 8 heteroatoms. The molecule has 6 nitrogen and oxygen atoms in total. The van der Waals surface area contributed by atoms with E-state index in [0.29, 0.717) is 11.3 Å². The zero-order valence-corrected chi connectivity index (χ0v) is 13.2. The molecule has 1 aliphatic rings. The summed E-state index contributed by atoms with van der Waals surface area (Å²) in [5, 5.41) is 0. The number of fused-ring (bicyclic) bond motifs is 1. The number of rotatable bonds is 3. The Balaban J connectivity index is 2.00. The quantitative estimate of drug-likeness (QED) is 0.854. The maximum atomic E-state index is 13.4. The molecule has 0 saturated carbocycles. The Morgan fingerprint density at radius 1 is 1.35 bits per heavy atom. The Kier molecular flexibility index (Phi) is 4.18. The van der Waals surface area contributed by atoms with Crippen molar-refractivity contribution in [1.29, 1.82) is 0 Å². The summed E-state index contributed by atoms with van der Waals surface area (Å²) in [4.78, 5) is 3.90. The smallest absolute Gasteiger partial charge is 0.248 e. The molecule has 2 heterocycles. The van der Waals surface area contributed by atoms with Crippen LogP contribution < -0.4 is 9.47 Å². The number of halogens is 1. The molecular weight excluding hydrogens is 323 g/mol. The fourth-order valence-corrected chi connectivity index (χ4v) is 3.92. The van der Waals surface area contributed by atoms with Gasteiger partial charge < -0.3 is 9.47 Å². The lowest BCUT2D eigenvalue weighted by atomic mass is 10.2. The third-order valence-corrected chi connectivity index (χ3v) is 5.37. The van der Waals surface area contributed by atoms with Gasteiger partial charge in [-0.05, 0) is 30.3 Å². The first-order valence-electron chi connectivity index (χ1n) is 6.93. The minimum atomic E-state index is -3.84. The Morgan fingerprint density at radius 2 is 2.17 bits per heavy atom. The molecule has 2 aromatic rings. The highest BCUT2D eigenvalue weighted by Crippen LogP contribution is 2.29. The van der Waals surface area contributed by atoms with Gasteiger partial charge in [-0.2, -0.15) is 4.31 Å². The average Bonchev–Trinajstić information content (AvgIpc) is 2.77. The SMILES string of the molecule is COc1ncccc1S(=O)(=O)N1CCOc2ccc(F)cc2C1. The molecule has 1 aromatic heterocycles. The number of nitrogens with zero attached hydrogens (tertiary/aromatic N) is 2. The molecule has 0 spiro atoms. The lowest BCUT2D eigenvalue weighted by Gasteiger charge is -2.20. The summed E-state index contributed by atoms with van der Waals surface area (Å²) in [5.74, 6) is 0.0740. The molecule has 1 aromatic carbocycles. The van der Waals surface area contributed by atoms with Gasteiger partial charge in [0.15, 0.2) is 0 Å². The Labute approximate surface area is 133 Å². The van der Waals surface area contributed by atoms with Crippen LogP contribution in [-0.2, 0) is 16.6 Å². The van der Waals surface area contributed by atoms with E-state index in [1.54, 1.807) is 0 Å². The summed E-state index contributed by atoms with van der Waals surface area (Å²) in [6.07, 6.45) is 1.45. The second-order valence-corrected chi connectivity index (χ2v) is 6.86. The third-order valence-electron chi connectivity index (χ3n) is 3.51. The average molecular weight is 338 g/mol. The summed E-state index contributed by atoms with van der Waals surface area (Å²) in [6.45, 7) is 0.352. The molecule has 0 unspecified atom stereocenters. The monoisotopic (exact) mass is 338 g/mol. The van der Waals surface area contributed by atoms with E-state index in [9.17, 15) is 12.8 Å². The Hall–Kier alpha value is -2.19. The van der Waals surface area contributed by atoms with E-state index < -0.39 is 15.8 Å². The lowest BCUT2D eigenvalue weighted by Crippen LogP contribution is -2.32. The van der Waals surface area contributed by atoms with Gasteiger partial charge in [0.1, 0.15) is 23.1 Å². The number of sulfonamides is 1. The fourth-order valence-electron chi connectivity index (χ4n) is 2.41. The second-order valence-electron chi connectivity index (χ2n) is 4.95. The van der Waals surface area contributed by atoms with Crippen molar-refractivity contribution in [2.24, 2.45) is 0 Å². The molecule has 23 heavy (non-hydrogen) atoms. The van der Waals surface area contributed by atoms with Gasteiger partial charge in [-0.3, -0.25) is 0 Å². The topological polar surface area (TPSA) is 68.7 Å². The largest absolute Gasteiger partial charge is 0.492 e. The third kappa shape index (κ3) is 2.99. The van der Waals surface area contributed by atoms with Crippen LogP contribution >= 0.6 is 0 Å². The maximum Gasteiger partial charge on any atom is 0.248 e. The normalized spacial score (nSPS) is 15.4. The molecule has 0 aliphatic carbocycles. The van der Waals surface area contributed by atoms with Crippen molar-refractivity contribution in [2.45, 2.75) is 11.4 Å². The van der Waals surface area contributed by atoms with Gasteiger partial charge in [-0.15, -0.1) is 0 Å². The van der Waals surface area contributed by atoms with Gasteiger partial charge in [-0.25, -0.2) is 17.8 Å². The van der Waals surface area contributed by atoms with Crippen LogP contribution in [0.4, 0.5) is 4.39 Å². The molecule has 0 N–H and O–H groups in total. The molecule has 3 rings (SSSR count). The number of benzene rings is 1. The molecule has 0 radical (unpaired) electrons. The molecule has 0 saturated heterocycles. The van der Waals surface area contributed by atoms with Crippen molar-refractivity contribution < 1.29 is 22.3 Å². The molecule has 0 bridgehead atoms. The van der Waals surface area contributed by atoms with Gasteiger partial charge in [-0.1, -0.05) is 0 Å². The highest BCUT2D eigenvalue weighted by Gasteiger charge is 2.30. The highest BCUT2D eigenvalue weighted by molar-refractivity contribution is 7.89. The van der Waals surface area contributed by atoms with Gasteiger partial charge in [0.2, 0.25) is 15.9 Å². The predicted molar refractivity (Wildman–Crippen MR) is 80.3 cm³/mol. The van der Waals surface area contributed by atoms with Gasteiger partial charge >= 0.3 is 0 Å². The van der Waals surface area contributed by atoms with Crippen LogP contribution in [0.5, 0.6) is 11.6 Å². The Bertz CT molecular complexity index is 826. The second kappa shape index (κ2) is 6.13. The summed E-state index contributed by atoms with van der Waals surface area (Å²) in [6, 6.07) is 7.03. The first-order chi connectivity index (χ1) is 11.0. The van der Waals surface area contributed by atoms with E-state index >= 15 is 0 Å². The summed E-state index contributed by atoms with van der Waals surface area (Å²) >= 11 is 0. The predicted octanol–water partition coefficient (Wildman–Crippen LogP) is 1.81. The van der Waals surface area contributed by atoms with Crippen molar-refractivity contribution in [3.8, 4) is 11.6 Å². The molecule has 1 aliphatic heterocycles. The summed E-state index contributed by atoms with van der Waals surface area (Å²) in [5.41, 5.74) is 0.480. The van der Waals surface area contributed by atoms with Gasteiger partial charge in [0.25, 0.3) is 0 Å². The van der Waals surface area contributed by atoms with Gasteiger partial charge in [0.05, 0.1) is 7.11 Å². The summed E-state index contributed by atoms with van der Waals surface area (Å²) in [7, 11) is -2.48. The van der Waals surface area contributed by atoms with Crippen molar-refractivity contribution >= 4 is 10.0 Å². The molecular formula is C15H15FN2O4S. The highest BCUT2D eigenvalue weighted by atomic mass is 32.2. The number of aromatic nitrogens is 1. The first-order valence-corrected chi connectivity index (χ1v) is 8.37. The lowest BCUT2D eigenvalue weighted by molar-refractivity contribution is 0.292. The van der Waals surface area contributed by atoms with Crippen LogP contribution in [0.25, 0.3) is 0 Å². The van der Waals surface area contributed by atoms with E-state index in [1.165, 1.54) is 47.9 Å². The van der Waals surface area contributed by atoms with E-state index in [2.05, 4.69) is 4.98 Å². The summed E-state index contributed by atoms with van der Waals surface area (Å²) < 4.78 is 51.0. The number of pyridine rings is 1. The van der Waals surface area contributed by atoms with Crippen LogP contribution in [0.1, 0.15) is 5.56 Å². The minimum Gasteiger partial charge on any atom is -0.492 e.